The van der Waals surface area contributed by atoms with Crippen LogP contribution in [0.1, 0.15) is 0 Å². The van der Waals surface area contributed by atoms with Gasteiger partial charge in [0.25, 0.3) is 0 Å². The normalized spacial score (nSPS) is 15.7. The second-order valence-corrected chi connectivity index (χ2v) is 5.81. The molecule has 0 unspecified atom stereocenters. The van der Waals surface area contributed by atoms with Gasteiger partial charge in [0.1, 0.15) is 7.92 Å². The van der Waals surface area contributed by atoms with Crippen LogP contribution < -0.4 is 0 Å². The highest BCUT2D eigenvalue weighted by molar-refractivity contribution is 7.61. The van der Waals surface area contributed by atoms with Gasteiger partial charge in [-0.25, -0.2) is 0 Å². The molecule has 0 fully saturated rings. The monoisotopic (exact) mass is 408 g/mol. The van der Waals surface area contributed by atoms with Crippen molar-refractivity contribution in [2.24, 2.45) is 0 Å². The van der Waals surface area contributed by atoms with Crippen LogP contribution in [0.5, 0.6) is 0 Å². The molecular weight excluding hydrogens is 407 g/mol. The number of alkyl halides is 15. The van der Waals surface area contributed by atoms with Crippen molar-refractivity contribution in [2.45, 2.75) is 35.5 Å². The summed E-state index contributed by atoms with van der Waals surface area (Å²) in [4.78, 5) is 0. The van der Waals surface area contributed by atoms with Crippen LogP contribution in [0.4, 0.5) is 70.6 Å². The highest BCUT2D eigenvalue weighted by atomic mass is 31.1. The van der Waals surface area contributed by atoms with E-state index in [4.69, 9.17) is 0 Å². The van der Waals surface area contributed by atoms with Gasteiger partial charge >= 0.3 is 35.5 Å². The predicted octanol–water partition coefficient (Wildman–Crippen LogP) is 6.09. The summed E-state index contributed by atoms with van der Waals surface area (Å²) in [5.74, 6) is 0. The molecule has 0 aliphatic heterocycles. The fourth-order valence-electron chi connectivity index (χ4n) is 0.909. The highest BCUT2D eigenvalue weighted by Gasteiger charge is 2.86. The molecule has 23 heavy (non-hydrogen) atoms. The molecule has 17 heteroatoms. The Morgan fingerprint density at radius 2 is 0.478 bits per heavy atom. The Morgan fingerprint density at radius 3 is 0.565 bits per heavy atom. The van der Waals surface area contributed by atoms with Crippen LogP contribution in [-0.2, 0) is 0 Å². The molecule has 0 atom stereocenters. The van der Waals surface area contributed by atoms with Gasteiger partial charge < -0.3 is 0 Å². The average molecular weight is 408 g/mol. The van der Waals surface area contributed by atoms with Crippen molar-refractivity contribution < 1.29 is 70.6 Å². The van der Waals surface area contributed by atoms with Gasteiger partial charge in [-0.3, -0.25) is 4.70 Å². The first-order valence-electron chi connectivity index (χ1n) is 4.26. The number of halogens is 16. The first-order chi connectivity index (χ1) is 9.12. The summed E-state index contributed by atoms with van der Waals surface area (Å²) in [7, 11) is -7.63. The maximum absolute atomic E-state index is 12.6. The quantitative estimate of drug-likeness (QED) is 0.392. The smallest absolute Gasteiger partial charge is 0.269 e. The zero-order valence-electron chi connectivity index (χ0n) is 9.52. The zero-order valence-corrected chi connectivity index (χ0v) is 10.4. The Bertz CT molecular complexity index is 334. The average Bonchev–Trinajstić information content (AvgIpc) is 2.09. The molecule has 0 heterocycles. The predicted molar refractivity (Wildman–Crippen MR) is 42.4 cm³/mol. The van der Waals surface area contributed by atoms with E-state index in [1.807, 2.05) is 0 Å². The minimum Gasteiger partial charge on any atom is -0.269 e. The third kappa shape index (κ3) is 4.05. The Hall–Kier alpha value is -0.690. The molecule has 0 saturated heterocycles. The van der Waals surface area contributed by atoms with Crippen LogP contribution in [0.15, 0.2) is 0 Å². The molecule has 0 radical (unpaired) electrons. The number of rotatable bonds is 3. The molecule has 0 saturated carbocycles. The second-order valence-electron chi connectivity index (χ2n) is 3.45. The lowest BCUT2D eigenvalue weighted by atomic mass is 10.6. The molecule has 0 amide bonds. The SMILES string of the molecule is F.FC(F)(F)C(F)(F)P(C(F)(F)C(F)(F)F)C(F)(F)C(F)(F)F. The van der Waals surface area contributed by atoms with Crippen LogP contribution in [0.25, 0.3) is 0 Å². The minimum atomic E-state index is -7.64. The zero-order chi connectivity index (χ0) is 18.6. The highest BCUT2D eigenvalue weighted by Crippen LogP contribution is 2.80. The summed E-state index contributed by atoms with van der Waals surface area (Å²) < 4.78 is 182. The van der Waals surface area contributed by atoms with Crippen molar-refractivity contribution in [2.75, 3.05) is 0 Å². The van der Waals surface area contributed by atoms with Gasteiger partial charge in [0, 0.05) is 0 Å². The molecule has 0 aliphatic rings. The van der Waals surface area contributed by atoms with E-state index in [9.17, 15) is 65.9 Å². The van der Waals surface area contributed by atoms with E-state index in [2.05, 4.69) is 0 Å². The topological polar surface area (TPSA) is 0 Å². The Labute approximate surface area is 115 Å². The Kier molecular flexibility index (Phi) is 6.40. The van der Waals surface area contributed by atoms with Crippen molar-refractivity contribution in [3.05, 3.63) is 0 Å². The van der Waals surface area contributed by atoms with E-state index in [0.717, 1.165) is 0 Å². The van der Waals surface area contributed by atoms with Crippen molar-refractivity contribution in [1.29, 1.82) is 0 Å². The lowest BCUT2D eigenvalue weighted by Crippen LogP contribution is -2.53. The number of hydrogen-bond donors (Lipinski definition) is 0. The van der Waals surface area contributed by atoms with E-state index >= 15 is 0 Å². The molecule has 142 valence electrons. The van der Waals surface area contributed by atoms with E-state index < -0.39 is 43.4 Å². The molecule has 0 spiro atoms. The first kappa shape index (κ1) is 24.6. The van der Waals surface area contributed by atoms with Crippen LogP contribution >= 0.6 is 7.92 Å². The number of hydrogen-bond acceptors (Lipinski definition) is 0. The maximum Gasteiger partial charge on any atom is 0.457 e. The Morgan fingerprint density at radius 1 is 0.348 bits per heavy atom. The Balaban J connectivity index is 0. The van der Waals surface area contributed by atoms with Crippen LogP contribution in [0.2, 0.25) is 0 Å². The molecule has 0 aromatic carbocycles. The van der Waals surface area contributed by atoms with Gasteiger partial charge in [0.05, 0.1) is 0 Å². The third-order valence-electron chi connectivity index (χ3n) is 1.87. The summed E-state index contributed by atoms with van der Waals surface area (Å²) >= 11 is 0. The largest absolute Gasteiger partial charge is 0.457 e. The van der Waals surface area contributed by atoms with Gasteiger partial charge in [-0.2, -0.15) is 65.9 Å². The molecule has 0 bridgehead atoms. The molecule has 0 rings (SSSR count). The van der Waals surface area contributed by atoms with Gasteiger partial charge in [-0.1, -0.05) is 0 Å². The van der Waals surface area contributed by atoms with E-state index in [1.54, 1.807) is 0 Å². The summed E-state index contributed by atoms with van der Waals surface area (Å²) in [6.45, 7) is 0. The first-order valence-corrected chi connectivity index (χ1v) is 5.60. The van der Waals surface area contributed by atoms with Gasteiger partial charge in [0.2, 0.25) is 0 Å². The molecule has 0 nitrogen and oxygen atoms in total. The van der Waals surface area contributed by atoms with E-state index in [0.29, 0.717) is 0 Å². The lowest BCUT2D eigenvalue weighted by Gasteiger charge is -2.39. The van der Waals surface area contributed by atoms with Gasteiger partial charge in [-0.05, 0) is 0 Å². The summed E-state index contributed by atoms with van der Waals surface area (Å²) in [5.41, 5.74) is -22.9. The van der Waals surface area contributed by atoms with Crippen LogP contribution in [0, 0.1) is 0 Å². The minimum absolute atomic E-state index is 0. The van der Waals surface area contributed by atoms with Crippen molar-refractivity contribution in [1.82, 2.24) is 0 Å². The summed E-state index contributed by atoms with van der Waals surface area (Å²) in [6.07, 6.45) is -22.5. The van der Waals surface area contributed by atoms with Gasteiger partial charge in [-0.15, -0.1) is 0 Å². The molecule has 0 N–H and O–H groups in total. The standard InChI is InChI=1S/C6F15P.FH/c7-1(8,9)4(16,17)22(5(18,19)2(10,11)12)6(20,21)3(13,14)15;/h;1H. The lowest BCUT2D eigenvalue weighted by molar-refractivity contribution is -0.283. The van der Waals surface area contributed by atoms with Crippen molar-refractivity contribution in [3.8, 4) is 0 Å². The van der Waals surface area contributed by atoms with Gasteiger partial charge in [0.15, 0.2) is 0 Å². The van der Waals surface area contributed by atoms with Crippen molar-refractivity contribution in [3.63, 3.8) is 0 Å². The molecule has 0 aromatic rings. The van der Waals surface area contributed by atoms with Crippen molar-refractivity contribution >= 4 is 7.92 Å². The maximum atomic E-state index is 12.6. The van der Waals surface area contributed by atoms with Crippen LogP contribution in [-0.4, -0.2) is 35.5 Å². The third-order valence-corrected chi connectivity index (χ3v) is 4.31. The fraction of sp³-hybridized carbons (Fsp3) is 1.00. The summed E-state index contributed by atoms with van der Waals surface area (Å²) in [5, 5.41) is 0. The molecular formula is C6HF16P. The molecule has 0 aliphatic carbocycles. The summed E-state index contributed by atoms with van der Waals surface area (Å²) in [6, 6.07) is 0. The molecule has 0 aromatic heterocycles. The second kappa shape index (κ2) is 5.99. The van der Waals surface area contributed by atoms with Crippen LogP contribution in [0.3, 0.4) is 0 Å². The van der Waals surface area contributed by atoms with E-state index in [-0.39, 0.29) is 4.70 Å². The fourth-order valence-corrected chi connectivity index (χ4v) is 2.73. The van der Waals surface area contributed by atoms with E-state index in [1.165, 1.54) is 0 Å².